The molecular formula is C14H15ClN2O2S2. The normalized spacial score (nSPS) is 11.4. The third-order valence-electron chi connectivity index (χ3n) is 2.93. The zero-order valence-electron chi connectivity index (χ0n) is 11.6. The summed E-state index contributed by atoms with van der Waals surface area (Å²) in [6.45, 7) is 1.68. The molecule has 0 spiro atoms. The van der Waals surface area contributed by atoms with Crippen LogP contribution < -0.4 is 10.5 Å². The van der Waals surface area contributed by atoms with Crippen molar-refractivity contribution in [3.63, 3.8) is 0 Å². The predicted molar refractivity (Wildman–Crippen MR) is 89.6 cm³/mol. The second kappa shape index (κ2) is 6.17. The first kappa shape index (κ1) is 16.0. The van der Waals surface area contributed by atoms with E-state index in [2.05, 4.69) is 4.72 Å². The maximum atomic E-state index is 12.4. The lowest BCUT2D eigenvalue weighted by Crippen LogP contribution is -2.14. The van der Waals surface area contributed by atoms with Gasteiger partial charge in [0.25, 0.3) is 10.0 Å². The Morgan fingerprint density at radius 2 is 1.81 bits per heavy atom. The van der Waals surface area contributed by atoms with Crippen LogP contribution in [0.4, 0.5) is 11.4 Å². The summed E-state index contributed by atoms with van der Waals surface area (Å²) >= 11 is 7.48. The van der Waals surface area contributed by atoms with Crippen molar-refractivity contribution in [2.24, 2.45) is 0 Å². The molecule has 0 aliphatic heterocycles. The Balaban J connectivity index is 2.35. The molecule has 0 bridgehead atoms. The molecule has 2 aromatic carbocycles. The van der Waals surface area contributed by atoms with Gasteiger partial charge in [0, 0.05) is 10.6 Å². The van der Waals surface area contributed by atoms with E-state index in [1.165, 1.54) is 6.07 Å². The Hall–Kier alpha value is -1.37. The minimum atomic E-state index is -3.70. The summed E-state index contributed by atoms with van der Waals surface area (Å²) in [6, 6.07) is 10.1. The van der Waals surface area contributed by atoms with Crippen LogP contribution in [-0.4, -0.2) is 14.7 Å². The smallest absolute Gasteiger partial charge is 0.262 e. The van der Waals surface area contributed by atoms with Crippen molar-refractivity contribution in [2.45, 2.75) is 16.7 Å². The Kier molecular flexibility index (Phi) is 4.70. The molecule has 112 valence electrons. The van der Waals surface area contributed by atoms with Gasteiger partial charge in [0.2, 0.25) is 0 Å². The van der Waals surface area contributed by atoms with E-state index in [-0.39, 0.29) is 10.6 Å². The van der Waals surface area contributed by atoms with Crippen LogP contribution in [0.1, 0.15) is 5.56 Å². The van der Waals surface area contributed by atoms with E-state index in [4.69, 9.17) is 17.3 Å². The van der Waals surface area contributed by atoms with Crippen molar-refractivity contribution in [1.82, 2.24) is 0 Å². The number of nitrogen functional groups attached to an aromatic ring is 1. The van der Waals surface area contributed by atoms with E-state index >= 15 is 0 Å². The standard InChI is InChI=1S/C14H15ClN2O2S2/c1-9-7-12(15)13(16)8-14(9)21(18,19)17-10-3-5-11(20-2)6-4-10/h3-8,17H,16H2,1-2H3. The summed E-state index contributed by atoms with van der Waals surface area (Å²) in [5.74, 6) is 0. The molecule has 0 saturated heterocycles. The molecule has 3 N–H and O–H groups in total. The molecule has 21 heavy (non-hydrogen) atoms. The third kappa shape index (κ3) is 3.64. The molecule has 0 unspecified atom stereocenters. The van der Waals surface area contributed by atoms with Crippen LogP contribution in [0, 0.1) is 6.92 Å². The molecule has 0 heterocycles. The molecule has 0 amide bonds. The van der Waals surface area contributed by atoms with E-state index in [9.17, 15) is 8.42 Å². The number of nitrogens with two attached hydrogens (primary N) is 1. The SMILES string of the molecule is CSc1ccc(NS(=O)(=O)c2cc(N)c(Cl)cc2C)cc1. The lowest BCUT2D eigenvalue weighted by atomic mass is 10.2. The highest BCUT2D eigenvalue weighted by atomic mass is 35.5. The number of hydrogen-bond acceptors (Lipinski definition) is 4. The van der Waals surface area contributed by atoms with Crippen LogP contribution in [0.3, 0.4) is 0 Å². The second-order valence-corrected chi connectivity index (χ2v) is 7.41. The fourth-order valence-electron chi connectivity index (χ4n) is 1.83. The fourth-order valence-corrected chi connectivity index (χ4v) is 3.77. The quantitative estimate of drug-likeness (QED) is 0.655. The number of nitrogens with one attached hydrogen (secondary N) is 1. The third-order valence-corrected chi connectivity index (χ3v) is 5.52. The monoisotopic (exact) mass is 342 g/mol. The molecule has 2 rings (SSSR count). The van der Waals surface area contributed by atoms with Crippen LogP contribution in [0.15, 0.2) is 46.2 Å². The van der Waals surface area contributed by atoms with Gasteiger partial charge in [0.1, 0.15) is 0 Å². The van der Waals surface area contributed by atoms with Crippen LogP contribution in [0.5, 0.6) is 0 Å². The molecule has 7 heteroatoms. The van der Waals surface area contributed by atoms with Crippen LogP contribution in [0.25, 0.3) is 0 Å². The summed E-state index contributed by atoms with van der Waals surface area (Å²) < 4.78 is 27.4. The fraction of sp³-hybridized carbons (Fsp3) is 0.143. The number of anilines is 2. The van der Waals surface area contributed by atoms with Gasteiger partial charge in [0.05, 0.1) is 15.6 Å². The van der Waals surface area contributed by atoms with Crippen LogP contribution in [-0.2, 0) is 10.0 Å². The number of halogens is 1. The first-order valence-corrected chi connectivity index (χ1v) is 9.14. The highest BCUT2D eigenvalue weighted by molar-refractivity contribution is 7.98. The molecule has 0 aliphatic carbocycles. The Morgan fingerprint density at radius 1 is 1.19 bits per heavy atom. The number of thioether (sulfide) groups is 1. The largest absolute Gasteiger partial charge is 0.397 e. The molecule has 0 radical (unpaired) electrons. The van der Waals surface area contributed by atoms with Gasteiger partial charge in [-0.3, -0.25) is 4.72 Å². The molecule has 0 fully saturated rings. The molecule has 0 aromatic heterocycles. The second-order valence-electron chi connectivity index (χ2n) is 4.47. The van der Waals surface area contributed by atoms with Crippen LogP contribution >= 0.6 is 23.4 Å². The minimum absolute atomic E-state index is 0.123. The van der Waals surface area contributed by atoms with Crippen molar-refractivity contribution < 1.29 is 8.42 Å². The summed E-state index contributed by atoms with van der Waals surface area (Å²) in [4.78, 5) is 1.18. The highest BCUT2D eigenvalue weighted by Gasteiger charge is 2.18. The first-order chi connectivity index (χ1) is 9.83. The maximum absolute atomic E-state index is 12.4. The van der Waals surface area contributed by atoms with E-state index in [1.54, 1.807) is 36.9 Å². The molecule has 4 nitrogen and oxygen atoms in total. The maximum Gasteiger partial charge on any atom is 0.262 e. The van der Waals surface area contributed by atoms with Gasteiger partial charge in [-0.1, -0.05) is 11.6 Å². The van der Waals surface area contributed by atoms with Gasteiger partial charge in [0.15, 0.2) is 0 Å². The number of benzene rings is 2. The average Bonchev–Trinajstić information content (AvgIpc) is 2.43. The topological polar surface area (TPSA) is 72.2 Å². The summed E-state index contributed by atoms with van der Waals surface area (Å²) in [5.41, 5.74) is 6.97. The minimum Gasteiger partial charge on any atom is -0.397 e. The first-order valence-electron chi connectivity index (χ1n) is 6.06. The number of sulfonamides is 1. The molecular weight excluding hydrogens is 328 g/mol. The number of hydrogen-bond donors (Lipinski definition) is 2. The van der Waals surface area contributed by atoms with Crippen molar-refractivity contribution in [2.75, 3.05) is 16.7 Å². The van der Waals surface area contributed by atoms with Crippen molar-refractivity contribution in [1.29, 1.82) is 0 Å². The number of aryl methyl sites for hydroxylation is 1. The lowest BCUT2D eigenvalue weighted by molar-refractivity contribution is 0.600. The zero-order chi connectivity index (χ0) is 15.6. The van der Waals surface area contributed by atoms with Crippen molar-refractivity contribution in [3.05, 3.63) is 47.0 Å². The van der Waals surface area contributed by atoms with Crippen LogP contribution in [0.2, 0.25) is 5.02 Å². The highest BCUT2D eigenvalue weighted by Crippen LogP contribution is 2.28. The van der Waals surface area contributed by atoms with E-state index in [0.29, 0.717) is 16.3 Å². The van der Waals surface area contributed by atoms with Gasteiger partial charge < -0.3 is 5.73 Å². The molecule has 0 aliphatic rings. The van der Waals surface area contributed by atoms with Crippen molar-refractivity contribution in [3.8, 4) is 0 Å². The Morgan fingerprint density at radius 3 is 2.38 bits per heavy atom. The Bertz CT molecular complexity index is 759. The van der Waals surface area contributed by atoms with E-state index in [1.807, 2.05) is 18.4 Å². The van der Waals surface area contributed by atoms with Gasteiger partial charge in [-0.2, -0.15) is 0 Å². The predicted octanol–water partition coefficient (Wildman–Crippen LogP) is 3.75. The average molecular weight is 343 g/mol. The molecule has 0 atom stereocenters. The zero-order valence-corrected chi connectivity index (χ0v) is 13.9. The van der Waals surface area contributed by atoms with Gasteiger partial charge in [-0.15, -0.1) is 11.8 Å². The van der Waals surface area contributed by atoms with Gasteiger partial charge in [-0.25, -0.2) is 8.42 Å². The van der Waals surface area contributed by atoms with Gasteiger partial charge in [-0.05, 0) is 55.1 Å². The lowest BCUT2D eigenvalue weighted by Gasteiger charge is -2.12. The Labute approximate surface area is 133 Å². The molecule has 0 saturated carbocycles. The van der Waals surface area contributed by atoms with Gasteiger partial charge >= 0.3 is 0 Å². The van der Waals surface area contributed by atoms with Crippen molar-refractivity contribution >= 4 is 44.8 Å². The molecule has 2 aromatic rings. The van der Waals surface area contributed by atoms with E-state index in [0.717, 1.165) is 4.90 Å². The summed E-state index contributed by atoms with van der Waals surface area (Å²) in [5, 5.41) is 0.343. The summed E-state index contributed by atoms with van der Waals surface area (Å²) in [7, 11) is -3.70. The summed E-state index contributed by atoms with van der Waals surface area (Å²) in [6.07, 6.45) is 1.96. The van der Waals surface area contributed by atoms with E-state index < -0.39 is 10.0 Å². The number of rotatable bonds is 4.